The van der Waals surface area contributed by atoms with Crippen LogP contribution in [-0.4, -0.2) is 68.2 Å². The maximum Gasteiger partial charge on any atom is 0.326 e. The van der Waals surface area contributed by atoms with Crippen LogP contribution in [0.4, 0.5) is 0 Å². The van der Waals surface area contributed by atoms with E-state index in [0.717, 1.165) is 38.2 Å². The monoisotopic (exact) mass is 434 g/mol. The molecule has 4 aromatic rings. The fraction of sp³-hybridized carbons (Fsp3) is 0.400. The van der Waals surface area contributed by atoms with Crippen molar-refractivity contribution in [3.63, 3.8) is 0 Å². The van der Waals surface area contributed by atoms with Gasteiger partial charge in [0.25, 0.3) is 5.62 Å². The highest BCUT2D eigenvalue weighted by Gasteiger charge is 2.21. The number of imidazole rings is 2. The van der Waals surface area contributed by atoms with Crippen LogP contribution in [0.3, 0.4) is 0 Å². The summed E-state index contributed by atoms with van der Waals surface area (Å²) in [4.78, 5) is 37.3. The van der Waals surface area contributed by atoms with Gasteiger partial charge in [-0.25, -0.2) is 14.8 Å². The summed E-state index contributed by atoms with van der Waals surface area (Å²) < 4.78 is 3.38. The second-order valence-corrected chi connectivity index (χ2v) is 8.26. The predicted octanol–water partition coefficient (Wildman–Crippen LogP) is -0.761. The zero-order valence-corrected chi connectivity index (χ0v) is 17.3. The van der Waals surface area contributed by atoms with Gasteiger partial charge < -0.3 is 10.1 Å². The Morgan fingerprint density at radius 2 is 2.06 bits per heavy atom. The van der Waals surface area contributed by atoms with E-state index in [-0.39, 0.29) is 17.6 Å². The van der Waals surface area contributed by atoms with Crippen LogP contribution in [0.5, 0.6) is 5.88 Å². The highest BCUT2D eigenvalue weighted by atomic mass is 16.3. The molecule has 0 unspecified atom stereocenters. The molecule has 1 saturated carbocycles. The fourth-order valence-corrected chi connectivity index (χ4v) is 3.91. The molecule has 32 heavy (non-hydrogen) atoms. The Morgan fingerprint density at radius 1 is 1.22 bits per heavy atom. The number of likely N-dealkylation sites (tertiary alicyclic amines) is 1. The summed E-state index contributed by atoms with van der Waals surface area (Å²) >= 11 is 0. The van der Waals surface area contributed by atoms with Crippen molar-refractivity contribution in [2.45, 2.75) is 38.3 Å². The minimum Gasteiger partial charge on any atom is -0.493 e. The Bertz CT molecular complexity index is 1470. The fourth-order valence-electron chi connectivity index (χ4n) is 3.91. The average molecular weight is 434 g/mol. The summed E-state index contributed by atoms with van der Waals surface area (Å²) in [5, 5.41) is 14.9. The van der Waals surface area contributed by atoms with Gasteiger partial charge in [-0.05, 0) is 44.8 Å². The molecule has 12 nitrogen and oxygen atoms in total. The van der Waals surface area contributed by atoms with Crippen molar-refractivity contribution in [2.24, 2.45) is 4.99 Å². The molecule has 12 heteroatoms. The molecule has 1 aliphatic carbocycles. The van der Waals surface area contributed by atoms with E-state index in [1.165, 1.54) is 12.8 Å². The normalized spacial score (nSPS) is 18.4. The zero-order valence-electron chi connectivity index (χ0n) is 17.3. The quantitative estimate of drug-likeness (QED) is 0.374. The van der Waals surface area contributed by atoms with Crippen molar-refractivity contribution in [3.8, 4) is 11.8 Å². The van der Waals surface area contributed by atoms with Crippen LogP contribution in [0, 0.1) is 0 Å². The van der Waals surface area contributed by atoms with Gasteiger partial charge in [-0.15, -0.1) is 0 Å². The molecule has 2 fully saturated rings. The number of aromatic amines is 2. The van der Waals surface area contributed by atoms with E-state index in [1.54, 1.807) is 27.7 Å². The van der Waals surface area contributed by atoms with Gasteiger partial charge in [-0.3, -0.25) is 14.5 Å². The smallest absolute Gasteiger partial charge is 0.326 e. The molecule has 1 aliphatic heterocycles. The van der Waals surface area contributed by atoms with Gasteiger partial charge in [0.1, 0.15) is 12.0 Å². The van der Waals surface area contributed by atoms with E-state index in [4.69, 9.17) is 9.98 Å². The van der Waals surface area contributed by atoms with Crippen LogP contribution in [-0.2, 0) is 6.54 Å². The van der Waals surface area contributed by atoms with E-state index < -0.39 is 5.69 Å². The molecule has 0 radical (unpaired) electrons. The Balaban J connectivity index is 1.46. The molecule has 5 heterocycles. The number of hydrogen-bond donors (Lipinski definition) is 3. The maximum atomic E-state index is 11.5. The van der Waals surface area contributed by atoms with E-state index in [0.29, 0.717) is 22.4 Å². The molecule has 0 bridgehead atoms. The lowest BCUT2D eigenvalue weighted by Crippen LogP contribution is -2.25. The molecule has 2 aliphatic rings. The maximum absolute atomic E-state index is 11.5. The first-order valence-corrected chi connectivity index (χ1v) is 10.7. The molecule has 0 amide bonds. The summed E-state index contributed by atoms with van der Waals surface area (Å²) in [5.74, 6) is 0.201. The molecule has 0 spiro atoms. The summed E-state index contributed by atoms with van der Waals surface area (Å²) in [6.45, 7) is 3.01. The van der Waals surface area contributed by atoms with Gasteiger partial charge >= 0.3 is 5.69 Å². The van der Waals surface area contributed by atoms with Crippen LogP contribution in [0.15, 0.2) is 28.5 Å². The minimum atomic E-state index is -0.492. The Kier molecular flexibility index (Phi) is 4.38. The largest absolute Gasteiger partial charge is 0.493 e. The van der Waals surface area contributed by atoms with Gasteiger partial charge in [-0.2, -0.15) is 19.6 Å². The van der Waals surface area contributed by atoms with E-state index in [9.17, 15) is 9.90 Å². The highest BCUT2D eigenvalue weighted by Crippen LogP contribution is 2.22. The number of aromatic hydroxyl groups is 1. The molecule has 164 valence electrons. The van der Waals surface area contributed by atoms with E-state index in [1.807, 2.05) is 6.20 Å². The van der Waals surface area contributed by atoms with Gasteiger partial charge in [-0.1, -0.05) is 0 Å². The second-order valence-electron chi connectivity index (χ2n) is 8.26. The van der Waals surface area contributed by atoms with Crippen LogP contribution in [0.25, 0.3) is 17.7 Å². The molecular formula is C20H22N10O2. The summed E-state index contributed by atoms with van der Waals surface area (Å²) in [6, 6.07) is 0.246. The minimum absolute atomic E-state index is 0.243. The first-order chi connectivity index (χ1) is 15.6. The highest BCUT2D eigenvalue weighted by molar-refractivity contribution is 5.56. The van der Waals surface area contributed by atoms with Gasteiger partial charge in [0, 0.05) is 18.0 Å². The third kappa shape index (κ3) is 3.58. The van der Waals surface area contributed by atoms with Gasteiger partial charge in [0.05, 0.1) is 17.9 Å². The SMILES string of the molecule is O=c1[nH]c(O)c(/C=c2\cnn3c(=NC4CC4)nc(-n4cnc(CN5CCCC5)c4)nc23)[nH]1. The topological polar surface area (TPSA) is 145 Å². The lowest BCUT2D eigenvalue weighted by molar-refractivity contribution is 0.327. The first kappa shape index (κ1) is 18.9. The molecule has 3 N–H and O–H groups in total. The van der Waals surface area contributed by atoms with Crippen molar-refractivity contribution in [1.82, 2.24) is 44.0 Å². The number of rotatable bonds is 5. The van der Waals surface area contributed by atoms with Crippen LogP contribution in [0.2, 0.25) is 0 Å². The third-order valence-corrected chi connectivity index (χ3v) is 5.70. The summed E-state index contributed by atoms with van der Waals surface area (Å²) in [5.41, 5.74) is 1.71. The Morgan fingerprint density at radius 3 is 2.81 bits per heavy atom. The van der Waals surface area contributed by atoms with Crippen molar-refractivity contribution < 1.29 is 5.11 Å². The molecule has 1 saturated heterocycles. The number of aromatic nitrogens is 8. The average Bonchev–Trinajstić information content (AvgIpc) is 3.17. The van der Waals surface area contributed by atoms with Crippen molar-refractivity contribution in [1.29, 1.82) is 0 Å². The number of hydrogen-bond acceptors (Lipinski definition) is 8. The van der Waals surface area contributed by atoms with Crippen LogP contribution >= 0.6 is 0 Å². The standard InChI is InChI=1S/C20H22N10O2/c31-17-15(24-20(32)26-17)7-12-8-22-30-16(12)25-18(27-19(30)23-13-3-4-13)29-10-14(21-11-29)9-28-5-1-2-6-28/h7-8,10-11,13,31H,1-6,9H2,(H2,24,26,32)/b12-7+,23-19?. The van der Waals surface area contributed by atoms with Gasteiger partial charge in [0.2, 0.25) is 11.8 Å². The Labute approximate surface area is 181 Å². The molecule has 0 aromatic carbocycles. The number of H-pyrrole nitrogens is 2. The molecule has 6 rings (SSSR count). The third-order valence-electron chi connectivity index (χ3n) is 5.70. The van der Waals surface area contributed by atoms with Crippen molar-refractivity contribution >= 4 is 11.7 Å². The molecule has 0 atom stereocenters. The second kappa shape index (κ2) is 7.41. The number of nitrogens with zero attached hydrogens (tertiary/aromatic N) is 8. The van der Waals surface area contributed by atoms with Crippen molar-refractivity contribution in [2.75, 3.05) is 13.1 Å². The summed E-state index contributed by atoms with van der Waals surface area (Å²) in [7, 11) is 0. The predicted molar refractivity (Wildman–Crippen MR) is 113 cm³/mol. The first-order valence-electron chi connectivity index (χ1n) is 10.7. The van der Waals surface area contributed by atoms with Crippen LogP contribution < -0.4 is 16.5 Å². The summed E-state index contributed by atoms with van der Waals surface area (Å²) in [6.07, 6.45) is 11.4. The Hall–Kier alpha value is -3.80. The van der Waals surface area contributed by atoms with Crippen molar-refractivity contribution in [3.05, 3.63) is 51.4 Å². The lowest BCUT2D eigenvalue weighted by Gasteiger charge is -2.11. The van der Waals surface area contributed by atoms with Crippen LogP contribution in [0.1, 0.15) is 37.1 Å². The van der Waals surface area contributed by atoms with E-state index in [2.05, 4.69) is 29.9 Å². The number of fused-ring (bicyclic) bond motifs is 1. The van der Waals surface area contributed by atoms with Gasteiger partial charge in [0.15, 0.2) is 5.65 Å². The molecule has 4 aromatic heterocycles. The zero-order chi connectivity index (χ0) is 21.7. The lowest BCUT2D eigenvalue weighted by atomic mass is 10.3. The van der Waals surface area contributed by atoms with E-state index >= 15 is 0 Å². The molecular weight excluding hydrogens is 412 g/mol. The number of nitrogens with one attached hydrogen (secondary N) is 2.